The van der Waals surface area contributed by atoms with E-state index in [-0.39, 0.29) is 31.2 Å². The Morgan fingerprint density at radius 2 is 1.93 bits per heavy atom. The summed E-state index contributed by atoms with van der Waals surface area (Å²) >= 11 is 0. The molecule has 0 radical (unpaired) electrons. The Morgan fingerprint density at radius 1 is 1.12 bits per heavy atom. The van der Waals surface area contributed by atoms with Gasteiger partial charge in [0, 0.05) is 31.1 Å². The van der Waals surface area contributed by atoms with Crippen molar-refractivity contribution < 1.29 is 33.5 Å². The third-order valence-electron chi connectivity index (χ3n) is 8.37. The van der Waals surface area contributed by atoms with Gasteiger partial charge in [0.1, 0.15) is 18.5 Å². The van der Waals surface area contributed by atoms with Crippen LogP contribution in [0.3, 0.4) is 0 Å². The number of benzene rings is 2. The predicted molar refractivity (Wildman–Crippen MR) is 158 cm³/mol. The molecule has 1 amide bonds. The Balaban J connectivity index is 1.46. The van der Waals surface area contributed by atoms with Gasteiger partial charge in [-0.2, -0.15) is 0 Å². The van der Waals surface area contributed by atoms with E-state index in [1.165, 1.54) is 0 Å². The molecule has 2 aliphatic rings. The highest BCUT2D eigenvalue weighted by Gasteiger charge is 2.47. The van der Waals surface area contributed by atoms with Gasteiger partial charge in [0.15, 0.2) is 23.9 Å². The zero-order valence-corrected chi connectivity index (χ0v) is 24.6. The van der Waals surface area contributed by atoms with Crippen LogP contribution in [-0.2, 0) is 23.1 Å². The molecule has 2 aliphatic heterocycles. The molecule has 1 saturated heterocycles. The minimum atomic E-state index is -0.865. The summed E-state index contributed by atoms with van der Waals surface area (Å²) in [4.78, 5) is 30.8. The van der Waals surface area contributed by atoms with Crippen molar-refractivity contribution in [2.24, 2.45) is 13.0 Å². The van der Waals surface area contributed by atoms with Crippen LogP contribution >= 0.6 is 0 Å². The number of nitrogens with zero attached hydrogens (tertiary/aromatic N) is 3. The van der Waals surface area contributed by atoms with Crippen molar-refractivity contribution in [1.82, 2.24) is 4.90 Å². The molecule has 1 aromatic heterocycles. The van der Waals surface area contributed by atoms with Gasteiger partial charge in [-0.1, -0.05) is 37.6 Å². The van der Waals surface area contributed by atoms with Crippen LogP contribution in [0.15, 0.2) is 67.0 Å². The van der Waals surface area contributed by atoms with Crippen molar-refractivity contribution in [3.8, 4) is 17.2 Å². The molecule has 5 rings (SSSR count). The van der Waals surface area contributed by atoms with Crippen molar-refractivity contribution in [3.63, 3.8) is 0 Å². The molecule has 222 valence electrons. The summed E-state index contributed by atoms with van der Waals surface area (Å²) in [6.07, 6.45) is 6.92. The summed E-state index contributed by atoms with van der Waals surface area (Å²) in [5, 5.41) is 10.6. The average Bonchev–Trinajstić information content (AvgIpc) is 3.60. The fourth-order valence-electron chi connectivity index (χ4n) is 6.25. The molecule has 3 aromatic rings. The zero-order valence-electron chi connectivity index (χ0n) is 24.6. The molecule has 0 bridgehead atoms. The molecule has 1 N–H and O–H groups in total. The van der Waals surface area contributed by atoms with Gasteiger partial charge in [0.05, 0.1) is 19.6 Å². The smallest absolute Gasteiger partial charge is 0.308 e. The maximum absolute atomic E-state index is 14.0. The Labute approximate surface area is 247 Å². The Bertz CT molecular complexity index is 1410. The highest BCUT2D eigenvalue weighted by atomic mass is 16.7. The van der Waals surface area contributed by atoms with Gasteiger partial charge in [-0.05, 0) is 54.7 Å². The number of aryl methyl sites for hydroxylation is 2. The summed E-state index contributed by atoms with van der Waals surface area (Å²) in [6.45, 7) is 3.44. The van der Waals surface area contributed by atoms with Crippen LogP contribution in [-0.4, -0.2) is 61.5 Å². The number of carbonyl (C=O) groups excluding carboxylic acids is 1. The maximum Gasteiger partial charge on any atom is 0.308 e. The summed E-state index contributed by atoms with van der Waals surface area (Å²) in [5.74, 6) is 0.144. The number of aliphatic carboxylic acids is 1. The summed E-state index contributed by atoms with van der Waals surface area (Å²) in [7, 11) is 3.58. The van der Waals surface area contributed by atoms with E-state index in [1.54, 1.807) is 7.11 Å². The van der Waals surface area contributed by atoms with Crippen LogP contribution in [0.5, 0.6) is 17.2 Å². The first-order chi connectivity index (χ1) is 20.4. The lowest BCUT2D eigenvalue weighted by molar-refractivity contribution is -0.670. The first-order valence-corrected chi connectivity index (χ1v) is 14.6. The molecule has 3 heterocycles. The number of rotatable bonds is 12. The summed E-state index contributed by atoms with van der Waals surface area (Å²) < 4.78 is 18.6. The summed E-state index contributed by atoms with van der Waals surface area (Å²) in [6, 6.07) is 17.0. The lowest BCUT2D eigenvalue weighted by Gasteiger charge is -2.29. The van der Waals surface area contributed by atoms with Crippen molar-refractivity contribution in [3.05, 3.63) is 78.1 Å². The minimum absolute atomic E-state index is 0.0348. The SMILES string of the molecule is CCCCN(C(=O)CN1C[C@H](c2ccc3c(c2)OCO3)[C@@H](C(=O)O)[C@@H]1CCc1ccccc1OC)c1ccc[n+](C)c1. The van der Waals surface area contributed by atoms with Gasteiger partial charge in [0.2, 0.25) is 12.7 Å². The monoisotopic (exact) mass is 574 g/mol. The molecule has 9 nitrogen and oxygen atoms in total. The molecule has 0 aliphatic carbocycles. The van der Waals surface area contributed by atoms with Crippen molar-refractivity contribution in [2.45, 2.75) is 44.6 Å². The predicted octanol–water partition coefficient (Wildman–Crippen LogP) is 4.18. The molecule has 0 spiro atoms. The van der Waals surface area contributed by atoms with E-state index in [0.717, 1.165) is 35.4 Å². The van der Waals surface area contributed by atoms with Crippen molar-refractivity contribution >= 4 is 17.6 Å². The first kappa shape index (κ1) is 29.4. The lowest BCUT2D eigenvalue weighted by atomic mass is 9.83. The molecular formula is C33H40N3O6+. The van der Waals surface area contributed by atoms with Crippen LogP contribution in [0.2, 0.25) is 0 Å². The number of carboxylic acid groups (broad SMARTS) is 1. The molecule has 42 heavy (non-hydrogen) atoms. The standard InChI is InChI=1S/C33H39N3O6/c1-4-5-17-36(25-10-8-16-34(2)19-25)31(37)21-35-20-26(24-13-15-29-30(18-24)42-22-41-29)32(33(38)39)27(35)14-12-23-9-6-7-11-28(23)40-3/h6-11,13,15-16,18-19,26-27,32H,4-5,12,14,17,20-22H2,1-3H3/p+1/t26-,27+,32-/m1/s1. The number of ether oxygens (including phenoxy) is 3. The van der Waals surface area contributed by atoms with Gasteiger partial charge < -0.3 is 24.2 Å². The number of hydrogen-bond acceptors (Lipinski definition) is 6. The van der Waals surface area contributed by atoms with Crippen molar-refractivity contribution in [2.75, 3.05) is 38.4 Å². The highest BCUT2D eigenvalue weighted by molar-refractivity contribution is 5.94. The van der Waals surface area contributed by atoms with E-state index in [4.69, 9.17) is 14.2 Å². The molecule has 2 aromatic carbocycles. The normalized spacial score (nSPS) is 19.5. The number of fused-ring (bicyclic) bond motifs is 1. The molecule has 3 atom stereocenters. The molecule has 9 heteroatoms. The molecule has 1 fully saturated rings. The van der Waals surface area contributed by atoms with Gasteiger partial charge >= 0.3 is 5.97 Å². The van der Waals surface area contributed by atoms with Gasteiger partial charge in [-0.25, -0.2) is 4.57 Å². The largest absolute Gasteiger partial charge is 0.496 e. The van der Waals surface area contributed by atoms with E-state index >= 15 is 0 Å². The van der Waals surface area contributed by atoms with Crippen LogP contribution in [0.4, 0.5) is 5.69 Å². The van der Waals surface area contributed by atoms with Crippen LogP contribution < -0.4 is 23.7 Å². The third-order valence-corrected chi connectivity index (χ3v) is 8.37. The number of carbonyl (C=O) groups is 2. The average molecular weight is 575 g/mol. The second kappa shape index (κ2) is 13.2. The number of methoxy groups -OCH3 is 1. The number of likely N-dealkylation sites (tertiary alicyclic amines) is 1. The molecular weight excluding hydrogens is 534 g/mol. The lowest BCUT2D eigenvalue weighted by Crippen LogP contribution is -2.45. The zero-order chi connectivity index (χ0) is 29.6. The van der Waals surface area contributed by atoms with E-state index in [2.05, 4.69) is 11.8 Å². The topological polar surface area (TPSA) is 92.4 Å². The van der Waals surface area contributed by atoms with E-state index in [1.807, 2.05) is 83.5 Å². The first-order valence-electron chi connectivity index (χ1n) is 14.6. The van der Waals surface area contributed by atoms with Gasteiger partial charge in [-0.15, -0.1) is 0 Å². The van der Waals surface area contributed by atoms with Crippen LogP contribution in [0.25, 0.3) is 0 Å². The van der Waals surface area contributed by atoms with Gasteiger partial charge in [0.25, 0.3) is 0 Å². The summed E-state index contributed by atoms with van der Waals surface area (Å²) in [5.41, 5.74) is 2.73. The number of unbranched alkanes of at least 4 members (excludes halogenated alkanes) is 1. The van der Waals surface area contributed by atoms with Crippen molar-refractivity contribution in [1.29, 1.82) is 0 Å². The third kappa shape index (κ3) is 6.36. The van der Waals surface area contributed by atoms with E-state index in [0.29, 0.717) is 37.4 Å². The quantitative estimate of drug-likeness (QED) is 0.325. The number of carboxylic acids is 1. The number of aromatic nitrogens is 1. The second-order valence-corrected chi connectivity index (χ2v) is 11.1. The van der Waals surface area contributed by atoms with E-state index < -0.39 is 11.9 Å². The number of amides is 1. The van der Waals surface area contributed by atoms with Crippen LogP contribution in [0, 0.1) is 5.92 Å². The number of anilines is 1. The number of hydrogen-bond donors (Lipinski definition) is 1. The number of pyridine rings is 1. The fourth-order valence-corrected chi connectivity index (χ4v) is 6.25. The molecule has 0 unspecified atom stereocenters. The molecule has 0 saturated carbocycles. The fraction of sp³-hybridized carbons (Fsp3) is 0.424. The van der Waals surface area contributed by atoms with Gasteiger partial charge in [-0.3, -0.25) is 14.5 Å². The Kier molecular flexibility index (Phi) is 9.27. The minimum Gasteiger partial charge on any atom is -0.496 e. The van der Waals surface area contributed by atoms with E-state index in [9.17, 15) is 14.7 Å². The maximum atomic E-state index is 14.0. The second-order valence-electron chi connectivity index (χ2n) is 11.1. The Hall–Kier alpha value is -4.11. The highest BCUT2D eigenvalue weighted by Crippen LogP contribution is 2.43. The Morgan fingerprint density at radius 3 is 2.69 bits per heavy atom. The van der Waals surface area contributed by atoms with Crippen LogP contribution in [0.1, 0.15) is 43.2 Å². The number of para-hydroxylation sites is 1.